The van der Waals surface area contributed by atoms with Gasteiger partial charge in [0.25, 0.3) is 5.91 Å². The Bertz CT molecular complexity index is 486. The molecule has 1 atom stereocenters. The van der Waals surface area contributed by atoms with Gasteiger partial charge in [0.15, 0.2) is 0 Å². The average Bonchev–Trinajstić information content (AvgIpc) is 2.31. The summed E-state index contributed by atoms with van der Waals surface area (Å²) < 4.78 is 0. The first-order valence-electron chi connectivity index (χ1n) is 5.94. The Morgan fingerprint density at radius 2 is 1.74 bits per heavy atom. The van der Waals surface area contributed by atoms with E-state index in [0.717, 1.165) is 6.07 Å². The van der Waals surface area contributed by atoms with Crippen LogP contribution in [0.15, 0.2) is 18.2 Å². The summed E-state index contributed by atoms with van der Waals surface area (Å²) in [6.07, 6.45) is 0. The highest BCUT2D eigenvalue weighted by Gasteiger charge is 2.19. The molecule has 0 saturated carbocycles. The molecule has 1 aromatic carbocycles. The lowest BCUT2D eigenvalue weighted by atomic mass is 10.1. The SMILES string of the molecule is CC(C)NC(=O)C(C)NC(=O)c1cc(O)ccc1O. The first-order chi connectivity index (χ1) is 8.81. The number of rotatable bonds is 4. The number of phenolic OH excluding ortho intramolecular Hbond substituents is 2. The third kappa shape index (κ3) is 4.17. The standard InChI is InChI=1S/C13H18N2O4/c1-7(2)14-12(18)8(3)15-13(19)10-6-9(16)4-5-11(10)17/h4-8,16-17H,1-3H3,(H,14,18)(H,15,19). The molecule has 0 bridgehead atoms. The molecule has 6 nitrogen and oxygen atoms in total. The predicted octanol–water partition coefficient (Wildman–Crippen LogP) is 0.741. The molecule has 2 amide bonds. The van der Waals surface area contributed by atoms with Crippen LogP contribution in [-0.4, -0.2) is 34.1 Å². The van der Waals surface area contributed by atoms with Crippen LogP contribution in [-0.2, 0) is 4.79 Å². The Kier molecular flexibility index (Phi) is 4.74. The third-order valence-corrected chi connectivity index (χ3v) is 2.40. The normalized spacial score (nSPS) is 12.0. The molecule has 0 aliphatic carbocycles. The molecule has 0 aromatic heterocycles. The minimum atomic E-state index is -0.739. The molecule has 6 heteroatoms. The fourth-order valence-corrected chi connectivity index (χ4v) is 1.46. The van der Waals surface area contributed by atoms with Gasteiger partial charge in [-0.3, -0.25) is 9.59 Å². The summed E-state index contributed by atoms with van der Waals surface area (Å²) in [5.74, 6) is -1.34. The summed E-state index contributed by atoms with van der Waals surface area (Å²) in [4.78, 5) is 23.5. The molecule has 0 heterocycles. The molecule has 1 aromatic rings. The van der Waals surface area contributed by atoms with Crippen LogP contribution in [0.3, 0.4) is 0 Å². The first kappa shape index (κ1) is 14.8. The number of hydrogen-bond donors (Lipinski definition) is 4. The number of nitrogens with one attached hydrogen (secondary N) is 2. The van der Waals surface area contributed by atoms with Crippen molar-refractivity contribution in [1.29, 1.82) is 0 Å². The third-order valence-electron chi connectivity index (χ3n) is 2.40. The van der Waals surface area contributed by atoms with Crippen LogP contribution in [0.2, 0.25) is 0 Å². The Hall–Kier alpha value is -2.24. The molecule has 1 unspecified atom stereocenters. The second-order valence-corrected chi connectivity index (χ2v) is 4.56. The minimum absolute atomic E-state index is 0.0268. The molecule has 1 rings (SSSR count). The molecular formula is C13H18N2O4. The van der Waals surface area contributed by atoms with Gasteiger partial charge in [0.05, 0.1) is 5.56 Å². The second kappa shape index (κ2) is 6.08. The van der Waals surface area contributed by atoms with Crippen LogP contribution in [0.4, 0.5) is 0 Å². The smallest absolute Gasteiger partial charge is 0.255 e. The fourth-order valence-electron chi connectivity index (χ4n) is 1.46. The summed E-state index contributed by atoms with van der Waals surface area (Å²) in [6, 6.07) is 2.85. The molecular weight excluding hydrogens is 248 g/mol. The molecule has 104 valence electrons. The van der Waals surface area contributed by atoms with Gasteiger partial charge in [0.2, 0.25) is 5.91 Å². The van der Waals surface area contributed by atoms with E-state index in [1.54, 1.807) is 0 Å². The van der Waals surface area contributed by atoms with Crippen LogP contribution < -0.4 is 10.6 Å². The van der Waals surface area contributed by atoms with Crippen LogP contribution in [0.25, 0.3) is 0 Å². The van der Waals surface area contributed by atoms with Crippen molar-refractivity contribution in [1.82, 2.24) is 10.6 Å². The predicted molar refractivity (Wildman–Crippen MR) is 70.0 cm³/mol. The molecule has 0 spiro atoms. The van der Waals surface area contributed by atoms with Crippen LogP contribution in [0, 0.1) is 0 Å². The number of benzene rings is 1. The van der Waals surface area contributed by atoms with Crippen LogP contribution in [0.5, 0.6) is 11.5 Å². The van der Waals surface area contributed by atoms with Gasteiger partial charge in [-0.1, -0.05) is 0 Å². The van der Waals surface area contributed by atoms with E-state index >= 15 is 0 Å². The summed E-state index contributed by atoms with van der Waals surface area (Å²) in [5.41, 5.74) is -0.0794. The van der Waals surface area contributed by atoms with Crippen LogP contribution >= 0.6 is 0 Å². The maximum absolute atomic E-state index is 11.9. The van der Waals surface area contributed by atoms with E-state index < -0.39 is 11.9 Å². The van der Waals surface area contributed by atoms with Gasteiger partial charge in [-0.2, -0.15) is 0 Å². The van der Waals surface area contributed by atoms with Gasteiger partial charge in [-0.25, -0.2) is 0 Å². The lowest BCUT2D eigenvalue weighted by Gasteiger charge is -2.16. The zero-order valence-corrected chi connectivity index (χ0v) is 11.1. The molecule has 0 aliphatic rings. The minimum Gasteiger partial charge on any atom is -0.508 e. The Morgan fingerprint density at radius 1 is 1.11 bits per heavy atom. The van der Waals surface area contributed by atoms with Crippen molar-refractivity contribution in [3.8, 4) is 11.5 Å². The van der Waals surface area contributed by atoms with Gasteiger partial charge < -0.3 is 20.8 Å². The quantitative estimate of drug-likeness (QED) is 0.604. The van der Waals surface area contributed by atoms with Gasteiger partial charge >= 0.3 is 0 Å². The maximum atomic E-state index is 11.9. The first-order valence-corrected chi connectivity index (χ1v) is 5.94. The molecule has 4 N–H and O–H groups in total. The van der Waals surface area contributed by atoms with Gasteiger partial charge in [-0.05, 0) is 39.0 Å². The monoisotopic (exact) mass is 266 g/mol. The van der Waals surface area contributed by atoms with E-state index in [-0.39, 0.29) is 29.0 Å². The summed E-state index contributed by atoms with van der Waals surface area (Å²) >= 11 is 0. The number of aromatic hydroxyl groups is 2. The lowest BCUT2D eigenvalue weighted by Crippen LogP contribution is -2.46. The summed E-state index contributed by atoms with van der Waals surface area (Å²) in [6.45, 7) is 5.16. The zero-order chi connectivity index (χ0) is 14.6. The van der Waals surface area contributed by atoms with E-state index in [4.69, 9.17) is 0 Å². The zero-order valence-electron chi connectivity index (χ0n) is 11.1. The van der Waals surface area contributed by atoms with E-state index in [9.17, 15) is 19.8 Å². The van der Waals surface area contributed by atoms with E-state index in [1.807, 2.05) is 13.8 Å². The van der Waals surface area contributed by atoms with Crippen molar-refractivity contribution in [2.24, 2.45) is 0 Å². The van der Waals surface area contributed by atoms with Crippen molar-refractivity contribution < 1.29 is 19.8 Å². The van der Waals surface area contributed by atoms with E-state index in [2.05, 4.69) is 10.6 Å². The van der Waals surface area contributed by atoms with Gasteiger partial charge in [0, 0.05) is 6.04 Å². The number of carbonyl (C=O) groups is 2. The van der Waals surface area contributed by atoms with Gasteiger partial charge in [-0.15, -0.1) is 0 Å². The molecule has 19 heavy (non-hydrogen) atoms. The largest absolute Gasteiger partial charge is 0.508 e. The molecule has 0 aliphatic heterocycles. The highest BCUT2D eigenvalue weighted by Crippen LogP contribution is 2.21. The Morgan fingerprint density at radius 3 is 2.32 bits per heavy atom. The number of carbonyl (C=O) groups excluding carboxylic acids is 2. The Labute approximate surface area is 111 Å². The average molecular weight is 266 g/mol. The Balaban J connectivity index is 2.74. The van der Waals surface area contributed by atoms with Gasteiger partial charge in [0.1, 0.15) is 17.5 Å². The number of amides is 2. The van der Waals surface area contributed by atoms with Crippen molar-refractivity contribution >= 4 is 11.8 Å². The van der Waals surface area contributed by atoms with E-state index in [1.165, 1.54) is 19.1 Å². The van der Waals surface area contributed by atoms with Crippen molar-refractivity contribution in [2.45, 2.75) is 32.9 Å². The fraction of sp³-hybridized carbons (Fsp3) is 0.385. The molecule has 0 radical (unpaired) electrons. The van der Waals surface area contributed by atoms with Crippen molar-refractivity contribution in [2.75, 3.05) is 0 Å². The topological polar surface area (TPSA) is 98.7 Å². The lowest BCUT2D eigenvalue weighted by molar-refractivity contribution is -0.123. The van der Waals surface area contributed by atoms with E-state index in [0.29, 0.717) is 0 Å². The summed E-state index contributed by atoms with van der Waals surface area (Å²) in [5, 5.41) is 23.9. The molecule has 0 saturated heterocycles. The van der Waals surface area contributed by atoms with Crippen molar-refractivity contribution in [3.63, 3.8) is 0 Å². The summed E-state index contributed by atoms with van der Waals surface area (Å²) in [7, 11) is 0. The maximum Gasteiger partial charge on any atom is 0.255 e. The highest BCUT2D eigenvalue weighted by molar-refractivity contribution is 5.99. The number of phenols is 2. The second-order valence-electron chi connectivity index (χ2n) is 4.56. The van der Waals surface area contributed by atoms with Crippen LogP contribution in [0.1, 0.15) is 31.1 Å². The number of hydrogen-bond acceptors (Lipinski definition) is 4. The van der Waals surface area contributed by atoms with Crippen molar-refractivity contribution in [3.05, 3.63) is 23.8 Å². The molecule has 0 fully saturated rings. The highest BCUT2D eigenvalue weighted by atomic mass is 16.3.